The molecule has 0 saturated carbocycles. The van der Waals surface area contributed by atoms with Crippen molar-refractivity contribution in [2.75, 3.05) is 172 Å². The molecule has 0 aromatic heterocycles. The van der Waals surface area contributed by atoms with Crippen LogP contribution in [0.25, 0.3) is 22.3 Å². The summed E-state index contributed by atoms with van der Waals surface area (Å²) >= 11 is 0. The molecule has 0 fully saturated rings. The van der Waals surface area contributed by atoms with Gasteiger partial charge in [-0.3, -0.25) is 9.98 Å². The first kappa shape index (κ1) is 92.0. The van der Waals surface area contributed by atoms with Gasteiger partial charge in [-0.1, -0.05) is 109 Å². The minimum atomic E-state index is -0.323. The highest BCUT2D eigenvalue weighted by Gasteiger charge is 2.10. The molecule has 18 nitrogen and oxygen atoms in total. The number of carbonyl (C=O) groups excluding carboxylic acids is 2. The molecular weight excluding hydrogens is 1390 g/mol. The fraction of sp³-hybridized carbons (Fsp3) is 0.565. The van der Waals surface area contributed by atoms with Gasteiger partial charge in [0.2, 0.25) is 0 Å². The highest BCUT2D eigenvalue weighted by molar-refractivity contribution is 5.91. The van der Waals surface area contributed by atoms with E-state index in [1.807, 2.05) is 73.1 Å². The minimum absolute atomic E-state index is 0.323. The van der Waals surface area contributed by atoms with Gasteiger partial charge in [-0.25, -0.2) is 9.59 Å². The first-order valence-corrected chi connectivity index (χ1v) is 41.5. The van der Waals surface area contributed by atoms with Gasteiger partial charge < -0.3 is 66.3 Å². The molecule has 606 valence electrons. The Bertz CT molecular complexity index is 2950. The van der Waals surface area contributed by atoms with Crippen LogP contribution in [0.4, 0.5) is 11.4 Å². The molecule has 0 radical (unpaired) electrons. The van der Waals surface area contributed by atoms with Crippen molar-refractivity contribution < 1.29 is 75.9 Å². The van der Waals surface area contributed by atoms with E-state index < -0.39 is 0 Å². The maximum atomic E-state index is 12.5. The number of unbranched alkanes of at least 4 members (excludes halogenated alkanes) is 13. The summed E-state index contributed by atoms with van der Waals surface area (Å²) in [7, 11) is 0. The van der Waals surface area contributed by atoms with Crippen LogP contribution in [0.3, 0.4) is 0 Å². The summed E-state index contributed by atoms with van der Waals surface area (Å²) < 4.78 is 80.5. The van der Waals surface area contributed by atoms with Gasteiger partial charge in [-0.05, 0) is 249 Å². The third-order valence-electron chi connectivity index (χ3n) is 17.9. The van der Waals surface area contributed by atoms with E-state index in [0.29, 0.717) is 50.8 Å². The van der Waals surface area contributed by atoms with Gasteiger partial charge in [0, 0.05) is 171 Å². The number of rotatable bonds is 73. The Balaban J connectivity index is 0.532. The van der Waals surface area contributed by atoms with Crippen molar-refractivity contribution >= 4 is 35.7 Å². The van der Waals surface area contributed by atoms with Gasteiger partial charge in [-0.2, -0.15) is 0 Å². The van der Waals surface area contributed by atoms with Crippen LogP contribution in [0, 0.1) is 0 Å². The van der Waals surface area contributed by atoms with E-state index in [9.17, 15) is 9.59 Å². The van der Waals surface area contributed by atoms with Gasteiger partial charge in [0.25, 0.3) is 0 Å². The number of carbonyl (C=O) groups is 2. The summed E-state index contributed by atoms with van der Waals surface area (Å²) in [6.07, 6.45) is 29.1. The maximum absolute atomic E-state index is 12.5. The number of nitrogens with zero attached hydrogens (tertiary/aromatic N) is 2. The highest BCUT2D eigenvalue weighted by Crippen LogP contribution is 2.22. The van der Waals surface area contributed by atoms with Gasteiger partial charge >= 0.3 is 11.9 Å². The second kappa shape index (κ2) is 66.7. The van der Waals surface area contributed by atoms with Crippen LogP contribution < -0.4 is 0 Å². The Morgan fingerprint density at radius 2 is 0.373 bits per heavy atom. The summed E-state index contributed by atoms with van der Waals surface area (Å²) in [6, 6.07) is 51.5. The molecule has 0 aliphatic carbocycles. The molecule has 0 N–H and O–H groups in total. The molecule has 0 spiro atoms. The van der Waals surface area contributed by atoms with Gasteiger partial charge in [-0.15, -0.1) is 0 Å². The zero-order valence-corrected chi connectivity index (χ0v) is 66.4. The summed E-state index contributed by atoms with van der Waals surface area (Å²) in [6.45, 7) is 19.0. The lowest BCUT2D eigenvalue weighted by atomic mass is 10.0. The van der Waals surface area contributed by atoms with E-state index in [2.05, 4.69) is 82.8 Å². The Labute approximate surface area is 659 Å². The van der Waals surface area contributed by atoms with Crippen LogP contribution in [0.1, 0.15) is 199 Å². The molecule has 110 heavy (non-hydrogen) atoms. The second-order valence-corrected chi connectivity index (χ2v) is 27.4. The number of hydrogen-bond donors (Lipinski definition) is 0. The standard InChI is InChI=1S/C92H132N2O16/c95-91(87-45-49-89(50-46-87)93-79-81-37-41-85(42-38-81)83-33-3-1-4-34-83)109-77-31-29-75-107-73-27-25-71-105-69-23-21-67-103-65-19-17-63-101-61-15-13-59-99-57-11-9-55-97-53-7-8-54-98-56-10-12-58-100-60-14-16-62-102-64-18-20-66-104-68-22-24-70-106-72-26-28-74-108-76-30-32-78-110-92(96)88-47-51-90(52-48-88)94-80-82-39-43-86(44-40-82)84-35-5-2-6-36-84/h1-6,33-52,79-80H,7-32,53-78H2. The van der Waals surface area contributed by atoms with Crippen LogP contribution in [0.2, 0.25) is 0 Å². The molecule has 18 heteroatoms. The highest BCUT2D eigenvalue weighted by atomic mass is 16.5. The van der Waals surface area contributed by atoms with Crippen LogP contribution in [0.5, 0.6) is 0 Å². The van der Waals surface area contributed by atoms with Crippen molar-refractivity contribution in [3.05, 3.63) is 180 Å². The molecule has 0 aliphatic heterocycles. The van der Waals surface area contributed by atoms with Crippen molar-refractivity contribution in [1.82, 2.24) is 0 Å². The molecule has 6 rings (SSSR count). The molecule has 6 aromatic carbocycles. The Morgan fingerprint density at radius 1 is 0.200 bits per heavy atom. The molecule has 0 saturated heterocycles. The Hall–Kier alpha value is -6.88. The number of benzene rings is 6. The van der Waals surface area contributed by atoms with Gasteiger partial charge in [0.1, 0.15) is 0 Å². The third kappa shape index (κ3) is 48.8. The van der Waals surface area contributed by atoms with Gasteiger partial charge in [0.05, 0.1) is 35.7 Å². The molecule has 0 heterocycles. The average Bonchev–Trinajstić information content (AvgIpc) is 0.869. The zero-order valence-electron chi connectivity index (χ0n) is 66.4. The van der Waals surface area contributed by atoms with E-state index in [1.54, 1.807) is 24.3 Å². The minimum Gasteiger partial charge on any atom is -0.462 e. The predicted molar refractivity (Wildman–Crippen MR) is 442 cm³/mol. The summed E-state index contributed by atoms with van der Waals surface area (Å²) in [4.78, 5) is 34.1. The lowest BCUT2D eigenvalue weighted by molar-refractivity contribution is 0.0471. The fourth-order valence-electron chi connectivity index (χ4n) is 11.3. The lowest BCUT2D eigenvalue weighted by Crippen LogP contribution is -2.07. The monoisotopic (exact) mass is 1520 g/mol. The fourth-order valence-corrected chi connectivity index (χ4v) is 11.3. The smallest absolute Gasteiger partial charge is 0.338 e. The molecule has 0 unspecified atom stereocenters. The van der Waals surface area contributed by atoms with Crippen molar-refractivity contribution in [3.63, 3.8) is 0 Å². The van der Waals surface area contributed by atoms with Crippen LogP contribution in [0.15, 0.2) is 168 Å². The summed E-state index contributed by atoms with van der Waals surface area (Å²) in [5, 5.41) is 0. The predicted octanol–water partition coefficient (Wildman–Crippen LogP) is 19.9. The molecule has 0 aliphatic rings. The lowest BCUT2D eigenvalue weighted by Gasteiger charge is -2.08. The van der Waals surface area contributed by atoms with Crippen LogP contribution in [-0.2, 0) is 66.3 Å². The molecular formula is C92H132N2O16. The Morgan fingerprint density at radius 3 is 0.564 bits per heavy atom. The second-order valence-electron chi connectivity index (χ2n) is 27.4. The van der Waals surface area contributed by atoms with Crippen molar-refractivity contribution in [1.29, 1.82) is 0 Å². The Kier molecular flexibility index (Phi) is 55.8. The topological polar surface area (TPSA) is 188 Å². The summed E-state index contributed by atoms with van der Waals surface area (Å²) in [5.41, 5.74) is 9.30. The largest absolute Gasteiger partial charge is 0.462 e. The third-order valence-corrected chi connectivity index (χ3v) is 17.9. The van der Waals surface area contributed by atoms with Crippen molar-refractivity contribution in [2.24, 2.45) is 9.98 Å². The molecule has 0 atom stereocenters. The van der Waals surface area contributed by atoms with E-state index in [1.165, 1.54) is 22.3 Å². The quantitative estimate of drug-likeness (QED) is 0.0199. The molecule has 6 aromatic rings. The molecule has 0 amide bonds. The van der Waals surface area contributed by atoms with Crippen LogP contribution >= 0.6 is 0 Å². The normalized spacial score (nSPS) is 11.6. The number of hydrogen-bond acceptors (Lipinski definition) is 18. The number of aliphatic imine (C=N–C) groups is 2. The van der Waals surface area contributed by atoms with E-state index in [-0.39, 0.29) is 11.9 Å². The van der Waals surface area contributed by atoms with E-state index >= 15 is 0 Å². The van der Waals surface area contributed by atoms with Gasteiger partial charge in [0.15, 0.2) is 0 Å². The average molecular weight is 1520 g/mol. The molecule has 0 bridgehead atoms. The summed E-state index contributed by atoms with van der Waals surface area (Å²) in [5.74, 6) is -0.647. The van der Waals surface area contributed by atoms with E-state index in [4.69, 9.17) is 66.3 Å². The van der Waals surface area contributed by atoms with Crippen molar-refractivity contribution in [2.45, 2.75) is 167 Å². The number of esters is 2. The first-order valence-electron chi connectivity index (χ1n) is 41.5. The first-order chi connectivity index (χ1) is 54.6. The SMILES string of the molecule is O=C(OCCCCOCCCCOCCCCOCCCCOCCCCOCCCCOCCCCOCCCCOCCCCOCCCCOCCCCOCCCCOCCCCOC(=O)c1ccc(N=Cc2ccc(-c3ccccc3)cc2)cc1)c1ccc(N=Cc2ccc(-c3ccccc3)cc2)cc1. The maximum Gasteiger partial charge on any atom is 0.338 e. The number of ether oxygens (including phenoxy) is 14. The van der Waals surface area contributed by atoms with Crippen molar-refractivity contribution in [3.8, 4) is 22.3 Å². The van der Waals surface area contributed by atoms with E-state index in [0.717, 1.165) is 322 Å². The van der Waals surface area contributed by atoms with Crippen LogP contribution in [-0.4, -0.2) is 196 Å². The zero-order chi connectivity index (χ0) is 76.8.